The van der Waals surface area contributed by atoms with Gasteiger partial charge in [0, 0.05) is 44.0 Å². The van der Waals surface area contributed by atoms with Gasteiger partial charge in [0.25, 0.3) is 5.91 Å². The van der Waals surface area contributed by atoms with Gasteiger partial charge in [0.15, 0.2) is 0 Å². The molecule has 0 spiro atoms. The Kier molecular flexibility index (Phi) is 9.10. The first-order valence-electron chi connectivity index (χ1n) is 10.8. The quantitative estimate of drug-likeness (QED) is 0.344. The molecule has 1 saturated heterocycles. The fraction of sp³-hybridized carbons (Fsp3) is 0.417. The van der Waals surface area contributed by atoms with E-state index in [2.05, 4.69) is 21.4 Å². The Morgan fingerprint density at radius 2 is 2.21 bits per heavy atom. The Bertz CT molecular complexity index is 1020. The number of terminal acetylenes is 1. The van der Waals surface area contributed by atoms with E-state index in [0.717, 1.165) is 11.5 Å². The number of carbonyl (C=O) groups excluding carboxylic acids is 2. The number of hydrogen-bond donors (Lipinski definition) is 1. The van der Waals surface area contributed by atoms with E-state index in [1.54, 1.807) is 24.4 Å². The molecule has 3 rings (SSSR count). The van der Waals surface area contributed by atoms with E-state index in [4.69, 9.17) is 10.9 Å². The number of pyridine rings is 1. The molecule has 0 aliphatic carbocycles. The molecule has 1 fully saturated rings. The van der Waals surface area contributed by atoms with Crippen LogP contribution in [0.2, 0.25) is 0 Å². The summed E-state index contributed by atoms with van der Waals surface area (Å²) in [6.07, 6.45) is 11.8. The summed E-state index contributed by atoms with van der Waals surface area (Å²) in [6, 6.07) is 5.42. The summed E-state index contributed by atoms with van der Waals surface area (Å²) in [5.74, 6) is 3.69. The molecule has 9 heteroatoms. The highest BCUT2D eigenvalue weighted by molar-refractivity contribution is 7.98. The first-order chi connectivity index (χ1) is 16.0. The summed E-state index contributed by atoms with van der Waals surface area (Å²) in [5, 5.41) is 7.63. The van der Waals surface area contributed by atoms with Gasteiger partial charge in [-0.05, 0) is 38.9 Å². The number of rotatable bonds is 9. The second kappa shape index (κ2) is 12.2. The highest BCUT2D eigenvalue weighted by atomic mass is 32.2. The normalized spacial score (nSPS) is 14.5. The molecule has 0 saturated carbocycles. The average molecular weight is 468 g/mol. The largest absolute Gasteiger partial charge is 0.360 e. The highest BCUT2D eigenvalue weighted by Gasteiger charge is 2.24. The van der Waals surface area contributed by atoms with E-state index in [-0.39, 0.29) is 17.9 Å². The van der Waals surface area contributed by atoms with Crippen LogP contribution in [0.25, 0.3) is 0 Å². The molecular formula is C24H29N5O3S. The highest BCUT2D eigenvalue weighted by Crippen LogP contribution is 2.25. The zero-order valence-corrected chi connectivity index (χ0v) is 19.8. The van der Waals surface area contributed by atoms with Gasteiger partial charge in [0.05, 0.1) is 23.6 Å². The summed E-state index contributed by atoms with van der Waals surface area (Å²) in [5.41, 5.74) is 1.36. The van der Waals surface area contributed by atoms with Crippen LogP contribution in [0.15, 0.2) is 46.1 Å². The predicted octanol–water partition coefficient (Wildman–Crippen LogP) is 2.51. The van der Waals surface area contributed by atoms with Crippen molar-refractivity contribution >= 4 is 23.6 Å². The van der Waals surface area contributed by atoms with Gasteiger partial charge in [-0.2, -0.15) is 0 Å². The number of aromatic nitrogens is 2. The van der Waals surface area contributed by atoms with Gasteiger partial charge in [-0.1, -0.05) is 28.9 Å². The van der Waals surface area contributed by atoms with Gasteiger partial charge >= 0.3 is 0 Å². The molecule has 8 nitrogen and oxygen atoms in total. The molecule has 1 N–H and O–H groups in total. The summed E-state index contributed by atoms with van der Waals surface area (Å²) >= 11 is 1.44. The average Bonchev–Trinajstić information content (AvgIpc) is 3.23. The van der Waals surface area contributed by atoms with Crippen LogP contribution in [0.3, 0.4) is 0 Å². The summed E-state index contributed by atoms with van der Waals surface area (Å²) < 4.78 is 5.24. The van der Waals surface area contributed by atoms with E-state index in [1.165, 1.54) is 11.8 Å². The Hall–Kier alpha value is -3.09. The third-order valence-electron chi connectivity index (χ3n) is 5.22. The minimum atomic E-state index is -0.152. The fourth-order valence-electron chi connectivity index (χ4n) is 3.47. The van der Waals surface area contributed by atoms with E-state index in [1.807, 2.05) is 35.9 Å². The first kappa shape index (κ1) is 24.6. The molecule has 0 unspecified atom stereocenters. The summed E-state index contributed by atoms with van der Waals surface area (Å²) in [4.78, 5) is 33.4. The van der Waals surface area contributed by atoms with Crippen LogP contribution in [0.1, 0.15) is 34.7 Å². The number of likely N-dealkylation sites (tertiary alicyclic amines) is 1. The van der Waals surface area contributed by atoms with E-state index in [0.29, 0.717) is 55.4 Å². The number of hydrogen-bond acceptors (Lipinski definition) is 7. The standard InChI is InChI=1S/C24H29N5O3S/c1-4-12-28(3)13-6-8-22(30)29-14-9-19(10-15-29)26-23(31)21-7-5-11-25-24(21)33-17-20-16-18(2)27-32-20/h1,5-8,11,16,19H,9-10,12-15,17H2,2-3H3,(H,26,31)/b8-6+. The maximum atomic E-state index is 12.9. The van der Waals surface area contributed by atoms with Crippen molar-refractivity contribution in [2.75, 3.05) is 33.2 Å². The molecule has 0 bridgehead atoms. The molecule has 1 aliphatic heterocycles. The lowest BCUT2D eigenvalue weighted by Gasteiger charge is -2.32. The molecule has 0 atom stereocenters. The summed E-state index contributed by atoms with van der Waals surface area (Å²) in [6.45, 7) is 4.25. The number of nitrogens with one attached hydrogen (secondary N) is 1. The van der Waals surface area contributed by atoms with Gasteiger partial charge in [0.1, 0.15) is 10.8 Å². The molecular weight excluding hydrogens is 438 g/mol. The van der Waals surface area contributed by atoms with E-state index >= 15 is 0 Å². The number of nitrogens with zero attached hydrogens (tertiary/aromatic N) is 4. The van der Waals surface area contributed by atoms with Crippen LogP contribution in [0, 0.1) is 19.3 Å². The van der Waals surface area contributed by atoms with Crippen molar-refractivity contribution in [1.29, 1.82) is 0 Å². The minimum absolute atomic E-state index is 0.0116. The van der Waals surface area contributed by atoms with Crippen molar-refractivity contribution in [2.45, 2.75) is 36.6 Å². The van der Waals surface area contributed by atoms with Crippen molar-refractivity contribution in [1.82, 2.24) is 25.3 Å². The van der Waals surface area contributed by atoms with Crippen LogP contribution < -0.4 is 5.32 Å². The lowest BCUT2D eigenvalue weighted by molar-refractivity contribution is -0.127. The Balaban J connectivity index is 1.48. The molecule has 2 aromatic heterocycles. The zero-order chi connectivity index (χ0) is 23.6. The van der Waals surface area contributed by atoms with Gasteiger partial charge in [-0.3, -0.25) is 14.5 Å². The van der Waals surface area contributed by atoms with Gasteiger partial charge < -0.3 is 14.7 Å². The monoisotopic (exact) mass is 467 g/mol. The number of aryl methyl sites for hydroxylation is 1. The second-order valence-electron chi connectivity index (χ2n) is 7.96. The molecule has 33 heavy (non-hydrogen) atoms. The van der Waals surface area contributed by atoms with Gasteiger partial charge in [0.2, 0.25) is 5.91 Å². The van der Waals surface area contributed by atoms with Crippen molar-refractivity contribution in [2.24, 2.45) is 0 Å². The molecule has 1 aliphatic rings. The topological polar surface area (TPSA) is 91.6 Å². The molecule has 0 aromatic carbocycles. The van der Waals surface area contributed by atoms with Crippen LogP contribution in [-0.2, 0) is 10.5 Å². The first-order valence-corrected chi connectivity index (χ1v) is 11.8. The predicted molar refractivity (Wildman–Crippen MR) is 128 cm³/mol. The molecule has 2 aromatic rings. The number of thioether (sulfide) groups is 1. The van der Waals surface area contributed by atoms with E-state index in [9.17, 15) is 9.59 Å². The molecule has 3 heterocycles. The fourth-order valence-corrected chi connectivity index (χ4v) is 4.34. The Morgan fingerprint density at radius 1 is 1.42 bits per heavy atom. The van der Waals surface area contributed by atoms with Gasteiger partial charge in [-0.15, -0.1) is 6.42 Å². The van der Waals surface area contributed by atoms with Crippen LogP contribution in [-0.4, -0.2) is 71.0 Å². The van der Waals surface area contributed by atoms with Crippen molar-refractivity contribution < 1.29 is 14.1 Å². The van der Waals surface area contributed by atoms with Crippen molar-refractivity contribution in [3.63, 3.8) is 0 Å². The second-order valence-corrected chi connectivity index (χ2v) is 8.92. The molecule has 0 radical (unpaired) electrons. The van der Waals surface area contributed by atoms with Crippen molar-refractivity contribution in [3.05, 3.63) is 53.6 Å². The minimum Gasteiger partial charge on any atom is -0.360 e. The Morgan fingerprint density at radius 3 is 2.91 bits per heavy atom. The number of likely N-dealkylation sites (N-methyl/N-ethyl adjacent to an activating group) is 1. The van der Waals surface area contributed by atoms with Crippen LogP contribution in [0.4, 0.5) is 0 Å². The number of piperidine rings is 1. The van der Waals surface area contributed by atoms with Crippen LogP contribution >= 0.6 is 11.8 Å². The lowest BCUT2D eigenvalue weighted by atomic mass is 10.0. The maximum Gasteiger partial charge on any atom is 0.254 e. The van der Waals surface area contributed by atoms with Crippen molar-refractivity contribution in [3.8, 4) is 12.3 Å². The number of carbonyl (C=O) groups is 2. The zero-order valence-electron chi connectivity index (χ0n) is 19.0. The number of amides is 2. The lowest BCUT2D eigenvalue weighted by Crippen LogP contribution is -2.46. The molecule has 2 amide bonds. The third-order valence-corrected chi connectivity index (χ3v) is 6.25. The third kappa shape index (κ3) is 7.48. The summed E-state index contributed by atoms with van der Waals surface area (Å²) in [7, 11) is 1.91. The maximum absolute atomic E-state index is 12.9. The smallest absolute Gasteiger partial charge is 0.254 e. The SMILES string of the molecule is C#CCN(C)C/C=C/C(=O)N1CCC(NC(=O)c2cccnc2SCc2cc(C)no2)CC1. The Labute approximate surface area is 198 Å². The van der Waals surface area contributed by atoms with E-state index < -0.39 is 0 Å². The molecule has 174 valence electrons. The van der Waals surface area contributed by atoms with Gasteiger partial charge in [-0.25, -0.2) is 4.98 Å². The van der Waals surface area contributed by atoms with Crippen LogP contribution in [0.5, 0.6) is 0 Å².